The number of aryl methyl sites for hydroxylation is 3. The zero-order valence-corrected chi connectivity index (χ0v) is 22.7. The number of nitrogens with zero attached hydrogens (tertiary/aromatic N) is 2. The number of fused-ring (bicyclic) bond motifs is 1. The summed E-state index contributed by atoms with van der Waals surface area (Å²) >= 11 is 0. The second-order valence-electron chi connectivity index (χ2n) is 9.99. The summed E-state index contributed by atoms with van der Waals surface area (Å²) in [6.07, 6.45) is 2.23. The van der Waals surface area contributed by atoms with E-state index in [1.807, 2.05) is 54.6 Å². The molecule has 0 atom stereocenters. The summed E-state index contributed by atoms with van der Waals surface area (Å²) in [5, 5.41) is 3.08. The summed E-state index contributed by atoms with van der Waals surface area (Å²) in [5.41, 5.74) is 7.86. The van der Waals surface area contributed by atoms with Crippen molar-refractivity contribution in [2.75, 3.05) is 6.61 Å². The number of nitrogens with one attached hydrogen (secondary N) is 1. The van der Waals surface area contributed by atoms with Gasteiger partial charge in [0, 0.05) is 6.54 Å². The van der Waals surface area contributed by atoms with Crippen LogP contribution in [0.4, 0.5) is 0 Å². The van der Waals surface area contributed by atoms with Gasteiger partial charge in [0.15, 0.2) is 0 Å². The van der Waals surface area contributed by atoms with Gasteiger partial charge in [-0.3, -0.25) is 4.79 Å². The molecular weight excluding hydrogens is 482 g/mol. The van der Waals surface area contributed by atoms with Crippen molar-refractivity contribution in [3.05, 3.63) is 120 Å². The molecule has 1 heterocycles. The number of hydrogen-bond acceptors (Lipinski definition) is 3. The van der Waals surface area contributed by atoms with Crippen LogP contribution in [0.5, 0.6) is 5.75 Å². The molecule has 5 heteroatoms. The highest BCUT2D eigenvalue weighted by Crippen LogP contribution is 2.21. The monoisotopic (exact) mass is 517 g/mol. The van der Waals surface area contributed by atoms with Gasteiger partial charge in [-0.25, -0.2) is 4.98 Å². The maximum Gasteiger partial charge on any atom is 0.224 e. The standard InChI is InChI=1S/C34H35N3O2/c1-25-14-19-30(22-26(25)2)39-21-9-8-20-37-32-13-7-6-12-31(32)36-33(37)24-35-34(38)23-27-15-17-29(18-16-27)28-10-4-3-5-11-28/h3-7,10-19,22H,8-9,20-21,23-24H2,1-2H3,(H,35,38). The fourth-order valence-corrected chi connectivity index (χ4v) is 4.75. The number of imidazole rings is 1. The number of carbonyl (C=O) groups is 1. The van der Waals surface area contributed by atoms with Crippen LogP contribution >= 0.6 is 0 Å². The average molecular weight is 518 g/mol. The molecule has 0 bridgehead atoms. The van der Waals surface area contributed by atoms with Crippen molar-refractivity contribution in [1.29, 1.82) is 0 Å². The van der Waals surface area contributed by atoms with E-state index in [0.717, 1.165) is 53.1 Å². The van der Waals surface area contributed by atoms with Gasteiger partial charge in [-0.2, -0.15) is 0 Å². The van der Waals surface area contributed by atoms with E-state index < -0.39 is 0 Å². The molecular formula is C34H35N3O2. The molecule has 4 aromatic carbocycles. The van der Waals surface area contributed by atoms with Crippen LogP contribution in [0.25, 0.3) is 22.2 Å². The smallest absolute Gasteiger partial charge is 0.224 e. The van der Waals surface area contributed by atoms with E-state index in [-0.39, 0.29) is 5.91 Å². The Morgan fingerprint density at radius 3 is 2.36 bits per heavy atom. The van der Waals surface area contributed by atoms with E-state index in [9.17, 15) is 4.79 Å². The van der Waals surface area contributed by atoms with Crippen molar-refractivity contribution in [2.24, 2.45) is 0 Å². The summed E-state index contributed by atoms with van der Waals surface area (Å²) < 4.78 is 8.19. The molecule has 0 aliphatic rings. The number of carbonyl (C=O) groups excluding carboxylic acids is 1. The van der Waals surface area contributed by atoms with Crippen LogP contribution in [0, 0.1) is 13.8 Å². The third kappa shape index (κ3) is 6.74. The second kappa shape index (κ2) is 12.4. The van der Waals surface area contributed by atoms with E-state index in [1.165, 1.54) is 16.7 Å². The van der Waals surface area contributed by atoms with Crippen LogP contribution in [-0.2, 0) is 24.3 Å². The van der Waals surface area contributed by atoms with Gasteiger partial charge in [-0.05, 0) is 78.8 Å². The first-order valence-corrected chi connectivity index (χ1v) is 13.6. The van der Waals surface area contributed by atoms with Crippen LogP contribution in [0.3, 0.4) is 0 Å². The van der Waals surface area contributed by atoms with Gasteiger partial charge in [0.2, 0.25) is 5.91 Å². The SMILES string of the molecule is Cc1ccc(OCCCCn2c(CNC(=O)Cc3ccc(-c4ccccc4)cc3)nc3ccccc32)cc1C. The molecule has 1 amide bonds. The lowest BCUT2D eigenvalue weighted by Crippen LogP contribution is -2.26. The van der Waals surface area contributed by atoms with E-state index in [1.54, 1.807) is 0 Å². The molecule has 0 radical (unpaired) electrons. The maximum absolute atomic E-state index is 12.8. The predicted molar refractivity (Wildman–Crippen MR) is 158 cm³/mol. The van der Waals surface area contributed by atoms with E-state index in [2.05, 4.69) is 66.2 Å². The molecule has 0 aliphatic carbocycles. The Labute approximate surface area is 230 Å². The number of ether oxygens (including phenoxy) is 1. The molecule has 198 valence electrons. The molecule has 0 saturated heterocycles. The van der Waals surface area contributed by atoms with Crippen LogP contribution < -0.4 is 10.1 Å². The minimum atomic E-state index is -0.0112. The van der Waals surface area contributed by atoms with Crippen LogP contribution in [0.2, 0.25) is 0 Å². The molecule has 39 heavy (non-hydrogen) atoms. The van der Waals surface area contributed by atoms with Crippen molar-refractivity contribution < 1.29 is 9.53 Å². The van der Waals surface area contributed by atoms with Crippen molar-refractivity contribution in [3.63, 3.8) is 0 Å². The minimum absolute atomic E-state index is 0.0112. The van der Waals surface area contributed by atoms with Crippen molar-refractivity contribution >= 4 is 16.9 Å². The summed E-state index contributed by atoms with van der Waals surface area (Å²) in [5.74, 6) is 1.78. The van der Waals surface area contributed by atoms with Gasteiger partial charge in [-0.15, -0.1) is 0 Å². The molecule has 0 saturated carbocycles. The Morgan fingerprint density at radius 2 is 1.56 bits per heavy atom. The Kier molecular flexibility index (Phi) is 8.37. The Hall–Kier alpha value is -4.38. The number of amides is 1. The zero-order chi connectivity index (χ0) is 27.0. The first-order valence-electron chi connectivity index (χ1n) is 13.6. The fraction of sp³-hybridized carbons (Fsp3) is 0.235. The lowest BCUT2D eigenvalue weighted by Gasteiger charge is -2.12. The molecule has 1 N–H and O–H groups in total. The Bertz CT molecular complexity index is 1540. The first-order chi connectivity index (χ1) is 19.1. The maximum atomic E-state index is 12.8. The molecule has 5 nitrogen and oxygen atoms in total. The Balaban J connectivity index is 1.16. The highest BCUT2D eigenvalue weighted by atomic mass is 16.5. The zero-order valence-electron chi connectivity index (χ0n) is 22.7. The van der Waals surface area contributed by atoms with Gasteiger partial charge in [0.25, 0.3) is 0 Å². The highest BCUT2D eigenvalue weighted by Gasteiger charge is 2.12. The number of unbranched alkanes of at least 4 members (excludes halogenated alkanes) is 1. The fourth-order valence-electron chi connectivity index (χ4n) is 4.75. The van der Waals surface area contributed by atoms with Crippen LogP contribution in [-0.4, -0.2) is 22.1 Å². The van der Waals surface area contributed by atoms with Gasteiger partial charge >= 0.3 is 0 Å². The van der Waals surface area contributed by atoms with Crippen molar-refractivity contribution in [1.82, 2.24) is 14.9 Å². The van der Waals surface area contributed by atoms with E-state index in [4.69, 9.17) is 9.72 Å². The normalized spacial score (nSPS) is 11.0. The minimum Gasteiger partial charge on any atom is -0.494 e. The van der Waals surface area contributed by atoms with Crippen LogP contribution in [0.15, 0.2) is 97.1 Å². The molecule has 5 aromatic rings. The van der Waals surface area contributed by atoms with Gasteiger partial charge in [0.05, 0.1) is 30.6 Å². The number of para-hydroxylation sites is 2. The average Bonchev–Trinajstić information content (AvgIpc) is 3.32. The number of hydrogen-bond donors (Lipinski definition) is 1. The van der Waals surface area contributed by atoms with E-state index >= 15 is 0 Å². The summed E-state index contributed by atoms with van der Waals surface area (Å²) in [4.78, 5) is 17.6. The lowest BCUT2D eigenvalue weighted by molar-refractivity contribution is -0.120. The number of aromatic nitrogens is 2. The predicted octanol–water partition coefficient (Wildman–Crippen LogP) is 7.04. The largest absolute Gasteiger partial charge is 0.494 e. The molecule has 0 unspecified atom stereocenters. The van der Waals surface area contributed by atoms with Gasteiger partial charge < -0.3 is 14.6 Å². The second-order valence-corrected chi connectivity index (χ2v) is 9.99. The third-order valence-electron chi connectivity index (χ3n) is 7.13. The summed E-state index contributed by atoms with van der Waals surface area (Å²) in [6.45, 7) is 6.11. The van der Waals surface area contributed by atoms with Crippen molar-refractivity contribution in [3.8, 4) is 16.9 Å². The molecule has 0 fully saturated rings. The Morgan fingerprint density at radius 1 is 0.821 bits per heavy atom. The lowest BCUT2D eigenvalue weighted by atomic mass is 10.0. The van der Waals surface area contributed by atoms with Gasteiger partial charge in [-0.1, -0.05) is 72.8 Å². The first kappa shape index (κ1) is 26.2. The third-order valence-corrected chi connectivity index (χ3v) is 7.13. The van der Waals surface area contributed by atoms with Crippen molar-refractivity contribution in [2.45, 2.75) is 46.2 Å². The molecule has 0 spiro atoms. The topological polar surface area (TPSA) is 56.1 Å². The molecule has 5 rings (SSSR count). The quantitative estimate of drug-likeness (QED) is 0.191. The summed E-state index contributed by atoms with van der Waals surface area (Å²) in [7, 11) is 0. The van der Waals surface area contributed by atoms with Crippen LogP contribution in [0.1, 0.15) is 35.4 Å². The molecule has 1 aromatic heterocycles. The number of rotatable bonds is 11. The van der Waals surface area contributed by atoms with Gasteiger partial charge in [0.1, 0.15) is 11.6 Å². The highest BCUT2D eigenvalue weighted by molar-refractivity contribution is 5.79. The molecule has 0 aliphatic heterocycles. The number of benzene rings is 4. The van der Waals surface area contributed by atoms with E-state index in [0.29, 0.717) is 19.6 Å². The summed E-state index contributed by atoms with van der Waals surface area (Å²) in [6, 6.07) is 32.8.